The van der Waals surface area contributed by atoms with Gasteiger partial charge < -0.3 is 15.1 Å². The first kappa shape index (κ1) is 17.7. The summed E-state index contributed by atoms with van der Waals surface area (Å²) < 4.78 is 5.31. The average Bonchev–Trinajstić information content (AvgIpc) is 3.31. The smallest absolute Gasteiger partial charge is 0.313 e. The van der Waals surface area contributed by atoms with Gasteiger partial charge in [-0.15, -0.1) is 11.3 Å². The van der Waals surface area contributed by atoms with Crippen molar-refractivity contribution >= 4 is 40.4 Å². The van der Waals surface area contributed by atoms with Gasteiger partial charge in [-0.3, -0.25) is 9.59 Å². The average molecular weight is 386 g/mol. The molecule has 1 aromatic carbocycles. The molecule has 0 saturated heterocycles. The predicted octanol–water partition coefficient (Wildman–Crippen LogP) is 3.79. The molecule has 6 nitrogen and oxygen atoms in total. The first-order valence-electron chi connectivity index (χ1n) is 7.47. The zero-order chi connectivity index (χ0) is 18.5. The van der Waals surface area contributed by atoms with Gasteiger partial charge in [-0.1, -0.05) is 11.6 Å². The number of halogens is 1. The van der Waals surface area contributed by atoms with Crippen LogP contribution < -0.4 is 10.6 Å². The van der Waals surface area contributed by atoms with Crippen LogP contribution in [-0.4, -0.2) is 11.8 Å². The lowest BCUT2D eigenvalue weighted by atomic mass is 10.2. The van der Waals surface area contributed by atoms with Crippen LogP contribution in [0.25, 0.3) is 11.3 Å². The summed E-state index contributed by atoms with van der Waals surface area (Å²) in [4.78, 5) is 24.9. The quantitative estimate of drug-likeness (QED) is 0.668. The maximum atomic E-state index is 12.0. The first-order valence-corrected chi connectivity index (χ1v) is 8.72. The Morgan fingerprint density at radius 3 is 2.81 bits per heavy atom. The molecule has 0 atom stereocenters. The Labute approximate surface area is 158 Å². The molecular weight excluding hydrogens is 374 g/mol. The van der Waals surface area contributed by atoms with E-state index in [2.05, 4.69) is 10.6 Å². The molecule has 8 heteroatoms. The van der Waals surface area contributed by atoms with Crippen LogP contribution in [0.15, 0.2) is 52.5 Å². The Balaban J connectivity index is 1.59. The van der Waals surface area contributed by atoms with Crippen molar-refractivity contribution in [2.75, 3.05) is 5.32 Å². The van der Waals surface area contributed by atoms with Gasteiger partial charge in [-0.25, -0.2) is 0 Å². The van der Waals surface area contributed by atoms with E-state index in [1.807, 2.05) is 23.6 Å². The number of nitriles is 1. The minimum Gasteiger partial charge on any atom is -0.464 e. The summed E-state index contributed by atoms with van der Waals surface area (Å²) in [5, 5.41) is 16.2. The van der Waals surface area contributed by atoms with Crippen molar-refractivity contribution in [1.29, 1.82) is 5.26 Å². The maximum absolute atomic E-state index is 12.0. The summed E-state index contributed by atoms with van der Waals surface area (Å²) in [6.07, 6.45) is 1.59. The Morgan fingerprint density at radius 1 is 1.23 bits per heavy atom. The fourth-order valence-electron chi connectivity index (χ4n) is 2.19. The highest BCUT2D eigenvalue weighted by molar-refractivity contribution is 7.10. The van der Waals surface area contributed by atoms with Crippen molar-refractivity contribution in [2.45, 2.75) is 6.54 Å². The van der Waals surface area contributed by atoms with Crippen molar-refractivity contribution < 1.29 is 14.0 Å². The minimum absolute atomic E-state index is 0.191. The fraction of sp³-hybridized carbons (Fsp3) is 0.0556. The third-order valence-corrected chi connectivity index (χ3v) is 4.61. The van der Waals surface area contributed by atoms with Crippen LogP contribution in [0.4, 0.5) is 5.69 Å². The van der Waals surface area contributed by atoms with Crippen LogP contribution in [0.2, 0.25) is 5.02 Å². The van der Waals surface area contributed by atoms with E-state index in [4.69, 9.17) is 21.3 Å². The van der Waals surface area contributed by atoms with Crippen LogP contribution in [-0.2, 0) is 16.1 Å². The highest BCUT2D eigenvalue weighted by atomic mass is 35.5. The van der Waals surface area contributed by atoms with E-state index in [0.717, 1.165) is 16.2 Å². The minimum atomic E-state index is -0.869. The molecule has 0 spiro atoms. The highest BCUT2D eigenvalue weighted by Crippen LogP contribution is 2.26. The van der Waals surface area contributed by atoms with Crippen molar-refractivity contribution in [3.8, 4) is 17.4 Å². The van der Waals surface area contributed by atoms with Crippen molar-refractivity contribution in [2.24, 2.45) is 0 Å². The lowest BCUT2D eigenvalue weighted by Gasteiger charge is -2.07. The number of carbonyl (C=O) groups is 2. The first-order chi connectivity index (χ1) is 12.6. The van der Waals surface area contributed by atoms with Crippen molar-refractivity contribution in [3.63, 3.8) is 0 Å². The molecule has 0 aliphatic rings. The van der Waals surface area contributed by atoms with Gasteiger partial charge in [0.05, 0.1) is 24.1 Å². The van der Waals surface area contributed by atoms with Gasteiger partial charge in [-0.2, -0.15) is 5.26 Å². The molecule has 0 saturated carbocycles. The molecule has 2 aromatic heterocycles. The highest BCUT2D eigenvalue weighted by Gasteiger charge is 2.16. The van der Waals surface area contributed by atoms with Crippen LogP contribution in [0.5, 0.6) is 0 Å². The van der Waals surface area contributed by atoms with Gasteiger partial charge in [0, 0.05) is 20.8 Å². The number of nitrogens with zero attached hydrogens (tertiary/aromatic N) is 1. The van der Waals surface area contributed by atoms with E-state index >= 15 is 0 Å². The summed E-state index contributed by atoms with van der Waals surface area (Å²) >= 11 is 7.30. The van der Waals surface area contributed by atoms with E-state index in [9.17, 15) is 9.59 Å². The number of furan rings is 1. The number of rotatable bonds is 4. The molecule has 130 valence electrons. The van der Waals surface area contributed by atoms with Gasteiger partial charge in [0.2, 0.25) is 0 Å². The summed E-state index contributed by atoms with van der Waals surface area (Å²) in [5.74, 6) is -0.935. The van der Waals surface area contributed by atoms with E-state index in [1.165, 1.54) is 29.5 Å². The van der Waals surface area contributed by atoms with Gasteiger partial charge in [0.25, 0.3) is 0 Å². The topological polar surface area (TPSA) is 95.1 Å². The molecule has 2 N–H and O–H groups in total. The van der Waals surface area contributed by atoms with Crippen LogP contribution >= 0.6 is 22.9 Å². The maximum Gasteiger partial charge on any atom is 0.313 e. The molecule has 0 aliphatic carbocycles. The molecule has 2 heterocycles. The van der Waals surface area contributed by atoms with Crippen molar-refractivity contribution in [1.82, 2.24) is 5.32 Å². The van der Waals surface area contributed by atoms with E-state index in [1.54, 1.807) is 12.3 Å². The molecule has 0 radical (unpaired) electrons. The van der Waals surface area contributed by atoms with E-state index in [0.29, 0.717) is 5.02 Å². The molecule has 0 bridgehead atoms. The van der Waals surface area contributed by atoms with Gasteiger partial charge in [0.15, 0.2) is 0 Å². The number of hydrogen-bond donors (Lipinski definition) is 2. The van der Waals surface area contributed by atoms with Gasteiger partial charge >= 0.3 is 11.8 Å². The summed E-state index contributed by atoms with van der Waals surface area (Å²) in [6.45, 7) is 0.207. The third-order valence-electron chi connectivity index (χ3n) is 3.44. The van der Waals surface area contributed by atoms with Crippen molar-refractivity contribution in [3.05, 3.63) is 63.5 Å². The Bertz CT molecular complexity index is 990. The summed E-state index contributed by atoms with van der Waals surface area (Å²) in [7, 11) is 0. The SMILES string of the molecule is N#Cc1ccc(Cl)cc1NC(=O)C(=O)NCc1cc(-c2ccco2)cs1. The lowest BCUT2D eigenvalue weighted by molar-refractivity contribution is -0.136. The zero-order valence-electron chi connectivity index (χ0n) is 13.3. The number of carbonyl (C=O) groups excluding carboxylic acids is 2. The Kier molecular flexibility index (Phi) is 5.37. The number of benzene rings is 1. The second kappa shape index (κ2) is 7.87. The molecule has 0 fully saturated rings. The number of amides is 2. The van der Waals surface area contributed by atoms with Crippen LogP contribution in [0.1, 0.15) is 10.4 Å². The molecule has 0 aliphatic heterocycles. The fourth-order valence-corrected chi connectivity index (χ4v) is 3.17. The Morgan fingerprint density at radius 2 is 2.08 bits per heavy atom. The van der Waals surface area contributed by atoms with Gasteiger partial charge in [-0.05, 0) is 36.4 Å². The molecular formula is C18H12ClN3O3S. The lowest BCUT2D eigenvalue weighted by Crippen LogP contribution is -2.34. The van der Waals surface area contributed by atoms with E-state index < -0.39 is 11.8 Å². The molecule has 26 heavy (non-hydrogen) atoms. The number of anilines is 1. The second-order valence-electron chi connectivity index (χ2n) is 5.22. The molecule has 3 aromatic rings. The predicted molar refractivity (Wildman–Crippen MR) is 98.7 cm³/mol. The number of hydrogen-bond acceptors (Lipinski definition) is 5. The normalized spacial score (nSPS) is 10.2. The largest absolute Gasteiger partial charge is 0.464 e. The van der Waals surface area contributed by atoms with Crippen LogP contribution in [0.3, 0.4) is 0 Å². The summed E-state index contributed by atoms with van der Waals surface area (Å²) in [6, 6.07) is 11.9. The molecule has 2 amide bonds. The van der Waals surface area contributed by atoms with E-state index in [-0.39, 0.29) is 17.8 Å². The molecule has 3 rings (SSSR count). The monoisotopic (exact) mass is 385 g/mol. The standard InChI is InChI=1S/C18H12ClN3O3S/c19-13-4-3-11(8-20)15(7-13)22-18(24)17(23)21-9-14-6-12(10-26-14)16-2-1-5-25-16/h1-7,10H,9H2,(H,21,23)(H,22,24). The summed E-state index contributed by atoms with van der Waals surface area (Å²) in [5.41, 5.74) is 1.32. The third kappa shape index (κ3) is 4.11. The van der Waals surface area contributed by atoms with Gasteiger partial charge in [0.1, 0.15) is 11.8 Å². The molecule has 0 unspecified atom stereocenters. The zero-order valence-corrected chi connectivity index (χ0v) is 14.9. The number of thiophene rings is 1. The number of nitrogens with one attached hydrogen (secondary N) is 2. The second-order valence-corrected chi connectivity index (χ2v) is 6.65. The Hall–Kier alpha value is -3.08. The van der Waals surface area contributed by atoms with Crippen LogP contribution in [0, 0.1) is 11.3 Å².